The molecular weight excluding hydrogens is 263 g/mol. The highest BCUT2D eigenvalue weighted by atomic mass is 19.1. The Morgan fingerprint density at radius 3 is 2.90 bits per heavy atom. The van der Waals surface area contributed by atoms with Crippen LogP contribution < -0.4 is 5.32 Å². The van der Waals surface area contributed by atoms with Crippen LogP contribution in [0, 0.1) is 29.0 Å². The molecule has 2 aliphatic carbocycles. The van der Waals surface area contributed by atoms with E-state index in [4.69, 9.17) is 5.26 Å². The zero-order valence-electron chi connectivity index (χ0n) is 11.5. The zero-order valence-corrected chi connectivity index (χ0v) is 11.5. The molecule has 3 unspecified atom stereocenters. The predicted octanol–water partition coefficient (Wildman–Crippen LogP) is 3.70. The first-order valence-corrected chi connectivity index (χ1v) is 7.30. The van der Waals surface area contributed by atoms with E-state index in [1.54, 1.807) is 12.1 Å². The molecule has 0 saturated heterocycles. The van der Waals surface area contributed by atoms with Gasteiger partial charge in [0.15, 0.2) is 0 Å². The summed E-state index contributed by atoms with van der Waals surface area (Å²) in [5, 5.41) is 12.3. The summed E-state index contributed by atoms with van der Waals surface area (Å²) in [7, 11) is 0. The first-order chi connectivity index (χ1) is 10.3. The van der Waals surface area contributed by atoms with E-state index >= 15 is 0 Å². The predicted molar refractivity (Wildman–Crippen MR) is 79.5 cm³/mol. The maximum atomic E-state index is 13.6. The van der Waals surface area contributed by atoms with E-state index in [1.165, 1.54) is 17.2 Å². The van der Waals surface area contributed by atoms with Gasteiger partial charge in [-0.05, 0) is 47.4 Å². The fourth-order valence-corrected chi connectivity index (χ4v) is 3.78. The minimum atomic E-state index is -0.455. The molecule has 3 heteroatoms. The van der Waals surface area contributed by atoms with Crippen molar-refractivity contribution in [3.05, 3.63) is 65.0 Å². The van der Waals surface area contributed by atoms with Crippen LogP contribution in [0.15, 0.2) is 42.5 Å². The minimum absolute atomic E-state index is 0.115. The standard InChI is InChI=1S/C18H15FN2/c19-16-6-3-7-17(14(16)9-20)21-10-15-13-8-11-4-1-2-5-12(11)18(13)15/h1-7,13,15,18,21H,8,10H2. The Hall–Kier alpha value is -2.34. The number of nitrogens with one attached hydrogen (secondary N) is 1. The molecule has 0 bridgehead atoms. The SMILES string of the molecule is N#Cc1c(F)cccc1NCC1C2Cc3ccccc3C12. The van der Waals surface area contributed by atoms with Crippen molar-refractivity contribution in [3.63, 3.8) is 0 Å². The molecule has 0 spiro atoms. The van der Waals surface area contributed by atoms with Crippen LogP contribution >= 0.6 is 0 Å². The van der Waals surface area contributed by atoms with Crippen molar-refractivity contribution in [2.75, 3.05) is 11.9 Å². The molecule has 21 heavy (non-hydrogen) atoms. The average Bonchev–Trinajstić information content (AvgIpc) is 3.03. The fraction of sp³-hybridized carbons (Fsp3) is 0.278. The number of nitriles is 1. The van der Waals surface area contributed by atoms with Gasteiger partial charge in [-0.25, -0.2) is 4.39 Å². The highest BCUT2D eigenvalue weighted by Gasteiger charge is 2.54. The lowest BCUT2D eigenvalue weighted by molar-refractivity contribution is 0.624. The van der Waals surface area contributed by atoms with Crippen LogP contribution in [-0.4, -0.2) is 6.54 Å². The highest BCUT2D eigenvalue weighted by molar-refractivity contribution is 5.58. The van der Waals surface area contributed by atoms with Gasteiger partial charge in [0.2, 0.25) is 0 Å². The van der Waals surface area contributed by atoms with E-state index in [0.717, 1.165) is 13.0 Å². The summed E-state index contributed by atoms with van der Waals surface area (Å²) in [6.45, 7) is 0.807. The van der Waals surface area contributed by atoms with Crippen LogP contribution in [0.5, 0.6) is 0 Å². The molecule has 0 amide bonds. The monoisotopic (exact) mass is 278 g/mol. The summed E-state index contributed by atoms with van der Waals surface area (Å²) in [6.07, 6.45) is 1.15. The molecule has 104 valence electrons. The number of nitrogens with zero attached hydrogens (tertiary/aromatic N) is 1. The van der Waals surface area contributed by atoms with Crippen LogP contribution in [0.25, 0.3) is 0 Å². The number of anilines is 1. The molecular formula is C18H15FN2. The Balaban J connectivity index is 1.47. The molecule has 1 N–H and O–H groups in total. The van der Waals surface area contributed by atoms with Crippen molar-refractivity contribution in [3.8, 4) is 6.07 Å². The van der Waals surface area contributed by atoms with E-state index < -0.39 is 5.82 Å². The van der Waals surface area contributed by atoms with Crippen LogP contribution in [0.4, 0.5) is 10.1 Å². The summed E-state index contributed by atoms with van der Waals surface area (Å²) in [6, 6.07) is 15.3. The molecule has 0 aromatic heterocycles. The number of benzene rings is 2. The van der Waals surface area contributed by atoms with Crippen molar-refractivity contribution in [2.24, 2.45) is 11.8 Å². The van der Waals surface area contributed by atoms with Gasteiger partial charge in [0.25, 0.3) is 0 Å². The van der Waals surface area contributed by atoms with Gasteiger partial charge < -0.3 is 5.32 Å². The molecule has 1 fully saturated rings. The summed E-state index contributed by atoms with van der Waals surface area (Å²) >= 11 is 0. The third kappa shape index (κ3) is 1.91. The zero-order chi connectivity index (χ0) is 14.4. The van der Waals surface area contributed by atoms with E-state index in [-0.39, 0.29) is 5.56 Å². The molecule has 0 heterocycles. The third-order valence-electron chi connectivity index (χ3n) is 4.86. The quantitative estimate of drug-likeness (QED) is 0.929. The van der Waals surface area contributed by atoms with E-state index in [1.807, 2.05) is 6.07 Å². The highest BCUT2D eigenvalue weighted by Crippen LogP contribution is 2.61. The average molecular weight is 278 g/mol. The lowest BCUT2D eigenvalue weighted by atomic mass is 10.0. The molecule has 2 aromatic rings. The Morgan fingerprint density at radius 2 is 2.05 bits per heavy atom. The van der Waals surface area contributed by atoms with Crippen LogP contribution in [-0.2, 0) is 6.42 Å². The first kappa shape index (κ1) is 12.4. The largest absolute Gasteiger partial charge is 0.384 e. The van der Waals surface area contributed by atoms with Crippen LogP contribution in [0.3, 0.4) is 0 Å². The topological polar surface area (TPSA) is 35.8 Å². The summed E-state index contributed by atoms with van der Waals surface area (Å²) < 4.78 is 13.6. The number of halogens is 1. The van der Waals surface area contributed by atoms with Gasteiger partial charge in [0.05, 0.1) is 5.69 Å². The fourth-order valence-electron chi connectivity index (χ4n) is 3.78. The van der Waals surface area contributed by atoms with Gasteiger partial charge in [-0.3, -0.25) is 0 Å². The van der Waals surface area contributed by atoms with Gasteiger partial charge in [-0.1, -0.05) is 30.3 Å². The summed E-state index contributed by atoms with van der Waals surface area (Å²) in [5.41, 5.74) is 3.68. The Kier molecular flexibility index (Phi) is 2.71. The van der Waals surface area contributed by atoms with Crippen molar-refractivity contribution < 1.29 is 4.39 Å². The molecule has 2 aliphatic rings. The Bertz CT molecular complexity index is 747. The molecule has 2 aromatic carbocycles. The van der Waals surface area contributed by atoms with Gasteiger partial charge in [0.1, 0.15) is 17.4 Å². The van der Waals surface area contributed by atoms with Crippen molar-refractivity contribution >= 4 is 5.69 Å². The second-order valence-corrected chi connectivity index (χ2v) is 5.91. The smallest absolute Gasteiger partial charge is 0.143 e. The lowest BCUT2D eigenvalue weighted by Crippen LogP contribution is -2.09. The van der Waals surface area contributed by atoms with Crippen LogP contribution in [0.2, 0.25) is 0 Å². The van der Waals surface area contributed by atoms with E-state index in [2.05, 4.69) is 29.6 Å². The van der Waals surface area contributed by atoms with Gasteiger partial charge in [-0.2, -0.15) is 5.26 Å². The third-order valence-corrected chi connectivity index (χ3v) is 4.86. The summed E-state index contributed by atoms with van der Waals surface area (Å²) in [5.74, 6) is 1.51. The molecule has 1 saturated carbocycles. The molecule has 4 rings (SSSR count). The Morgan fingerprint density at radius 1 is 1.19 bits per heavy atom. The second kappa shape index (κ2) is 4.60. The van der Waals surface area contributed by atoms with Crippen molar-refractivity contribution in [1.29, 1.82) is 5.26 Å². The summed E-state index contributed by atoms with van der Waals surface area (Å²) in [4.78, 5) is 0. The van der Waals surface area contributed by atoms with Crippen molar-refractivity contribution in [1.82, 2.24) is 0 Å². The molecule has 0 radical (unpaired) electrons. The molecule has 0 aliphatic heterocycles. The van der Waals surface area contributed by atoms with Gasteiger partial charge in [0, 0.05) is 6.54 Å². The molecule has 2 nitrogen and oxygen atoms in total. The Labute approximate surface area is 123 Å². The number of hydrogen-bond donors (Lipinski definition) is 1. The van der Waals surface area contributed by atoms with Gasteiger partial charge in [-0.15, -0.1) is 0 Å². The first-order valence-electron chi connectivity index (χ1n) is 7.30. The van der Waals surface area contributed by atoms with Crippen LogP contribution in [0.1, 0.15) is 22.6 Å². The van der Waals surface area contributed by atoms with E-state index in [0.29, 0.717) is 23.4 Å². The maximum absolute atomic E-state index is 13.6. The number of rotatable bonds is 3. The second-order valence-electron chi connectivity index (χ2n) is 5.91. The normalized spacial score (nSPS) is 24.9. The number of fused-ring (bicyclic) bond motifs is 3. The van der Waals surface area contributed by atoms with Crippen molar-refractivity contribution in [2.45, 2.75) is 12.3 Å². The molecule has 3 atom stereocenters. The lowest BCUT2D eigenvalue weighted by Gasteiger charge is -2.11. The van der Waals surface area contributed by atoms with Gasteiger partial charge >= 0.3 is 0 Å². The van der Waals surface area contributed by atoms with E-state index in [9.17, 15) is 4.39 Å². The number of hydrogen-bond acceptors (Lipinski definition) is 2. The minimum Gasteiger partial charge on any atom is -0.384 e. The maximum Gasteiger partial charge on any atom is 0.143 e.